The number of aliphatic imine (C=N–C) groups is 1. The second-order valence-corrected chi connectivity index (χ2v) is 14.5. The van der Waals surface area contributed by atoms with Gasteiger partial charge in [-0.25, -0.2) is 9.79 Å². The van der Waals surface area contributed by atoms with Crippen molar-refractivity contribution in [3.8, 4) is 0 Å². The Morgan fingerprint density at radius 3 is 2.43 bits per heavy atom. The summed E-state index contributed by atoms with van der Waals surface area (Å²) in [4.78, 5) is 37.1. The summed E-state index contributed by atoms with van der Waals surface area (Å²) in [5.41, 5.74) is 1.74. The van der Waals surface area contributed by atoms with Crippen LogP contribution in [0, 0.1) is 23.2 Å². The molecule has 4 aliphatic rings. The molecule has 10 heteroatoms. The number of fused-ring (bicyclic) bond motifs is 3. The molecular weight excluding hydrogens is 595 g/mol. The summed E-state index contributed by atoms with van der Waals surface area (Å²) in [6.45, 7) is 13.5. The SMILES string of the molecule is C.C[C@@H]1[C@@H](N=C(Nc2ccc3c(=O)n(CCc4ccc(Cl)cc4Cl)c(=O)[nH]c3c2)N2C[C@@H](C)N[C@@H](C)C2)C[C@H]2C[C@@H]1C2(C)C. The molecule has 1 saturated heterocycles. The van der Waals surface area contributed by atoms with Gasteiger partial charge in [0.05, 0.1) is 16.9 Å². The van der Waals surface area contributed by atoms with Crippen LogP contribution in [-0.4, -0.2) is 51.6 Å². The van der Waals surface area contributed by atoms with Crippen LogP contribution in [0.1, 0.15) is 60.5 Å². The van der Waals surface area contributed by atoms with E-state index in [9.17, 15) is 9.59 Å². The lowest BCUT2D eigenvalue weighted by atomic mass is 9.45. The summed E-state index contributed by atoms with van der Waals surface area (Å²) >= 11 is 12.3. The van der Waals surface area contributed by atoms with Crippen molar-refractivity contribution in [1.82, 2.24) is 19.8 Å². The molecule has 0 amide bonds. The van der Waals surface area contributed by atoms with E-state index >= 15 is 0 Å². The second-order valence-electron chi connectivity index (χ2n) is 13.6. The van der Waals surface area contributed by atoms with Gasteiger partial charge in [0.25, 0.3) is 5.56 Å². The number of hydrogen-bond donors (Lipinski definition) is 3. The van der Waals surface area contributed by atoms with Gasteiger partial charge in [0.2, 0.25) is 0 Å². The van der Waals surface area contributed by atoms with E-state index in [1.807, 2.05) is 18.2 Å². The third kappa shape index (κ3) is 6.18. The zero-order valence-corrected chi connectivity index (χ0v) is 27.1. The number of aromatic amines is 1. The maximum absolute atomic E-state index is 13.4. The monoisotopic (exact) mass is 640 g/mol. The molecule has 0 unspecified atom stereocenters. The molecule has 3 aliphatic carbocycles. The van der Waals surface area contributed by atoms with Crippen molar-refractivity contribution in [2.45, 2.75) is 86.0 Å². The molecule has 3 saturated carbocycles. The molecule has 4 fully saturated rings. The number of anilines is 1. The number of nitrogens with zero attached hydrogens (tertiary/aromatic N) is 3. The standard InChI is InChI=1S/C33H42Cl2N6O2.CH4/c1-18-16-40(17-19(2)36-18)31(38-28-13-22-12-26(20(28)3)33(22,4)5)37-24-8-9-25-29(15-24)39-32(43)41(30(25)42)11-10-21-6-7-23(34)14-27(21)35;/h6-9,14-15,18-20,22,26,28,36H,10-13,16-17H2,1-5H3,(H,37,38)(H,39,43);1H4/t18-,19+,20-,22+,26-,28-;/m0./s1. The smallest absolute Gasteiger partial charge is 0.328 e. The van der Waals surface area contributed by atoms with Gasteiger partial charge in [-0.2, -0.15) is 0 Å². The van der Waals surface area contributed by atoms with Crippen LogP contribution in [0.25, 0.3) is 10.9 Å². The average molecular weight is 642 g/mol. The Labute approximate surface area is 270 Å². The van der Waals surface area contributed by atoms with Crippen LogP contribution in [0.4, 0.5) is 5.69 Å². The lowest BCUT2D eigenvalue weighted by Gasteiger charge is -2.61. The molecule has 1 aromatic heterocycles. The van der Waals surface area contributed by atoms with Crippen molar-refractivity contribution in [2.24, 2.45) is 28.2 Å². The summed E-state index contributed by atoms with van der Waals surface area (Å²) in [7, 11) is 0. The zero-order chi connectivity index (χ0) is 30.6. The molecule has 3 N–H and O–H groups in total. The predicted octanol–water partition coefficient (Wildman–Crippen LogP) is 6.40. The van der Waals surface area contributed by atoms with Crippen molar-refractivity contribution < 1.29 is 0 Å². The van der Waals surface area contributed by atoms with E-state index in [1.165, 1.54) is 11.0 Å². The first-order valence-corrected chi connectivity index (χ1v) is 16.2. The number of hydrogen-bond acceptors (Lipinski definition) is 4. The first-order valence-electron chi connectivity index (χ1n) is 15.5. The highest BCUT2D eigenvalue weighted by Gasteiger charge is 2.56. The van der Waals surface area contributed by atoms with Crippen molar-refractivity contribution in [3.05, 3.63) is 72.8 Å². The van der Waals surface area contributed by atoms with Crippen molar-refractivity contribution >= 4 is 45.8 Å². The topological polar surface area (TPSA) is 94.5 Å². The number of H-pyrrole nitrogens is 1. The molecule has 1 aliphatic heterocycles. The molecule has 2 heterocycles. The number of benzene rings is 2. The molecule has 3 aromatic rings. The molecule has 8 nitrogen and oxygen atoms in total. The number of guanidine groups is 1. The highest BCUT2D eigenvalue weighted by Crippen LogP contribution is 2.61. The van der Waals surface area contributed by atoms with Crippen molar-refractivity contribution in [2.75, 3.05) is 18.4 Å². The lowest BCUT2D eigenvalue weighted by Crippen LogP contribution is -2.59. The van der Waals surface area contributed by atoms with Crippen LogP contribution in [0.2, 0.25) is 10.0 Å². The molecular formula is C34H46Cl2N6O2. The first-order chi connectivity index (χ1) is 20.4. The Bertz CT molecular complexity index is 1670. The Hall–Kier alpha value is -2.81. The normalized spacial score (nSPS) is 27.9. The van der Waals surface area contributed by atoms with Crippen LogP contribution in [-0.2, 0) is 13.0 Å². The number of halogens is 2. The van der Waals surface area contributed by atoms with Gasteiger partial charge in [-0.3, -0.25) is 9.36 Å². The van der Waals surface area contributed by atoms with Gasteiger partial charge >= 0.3 is 5.69 Å². The maximum Gasteiger partial charge on any atom is 0.328 e. The molecule has 0 spiro atoms. The average Bonchev–Trinajstić information content (AvgIpc) is 2.93. The summed E-state index contributed by atoms with van der Waals surface area (Å²) in [5, 5.41) is 8.74. The Morgan fingerprint density at radius 2 is 1.77 bits per heavy atom. The highest BCUT2D eigenvalue weighted by molar-refractivity contribution is 6.35. The Kier molecular flexibility index (Phi) is 9.28. The summed E-state index contributed by atoms with van der Waals surface area (Å²) in [5.74, 6) is 2.80. The number of rotatable bonds is 5. The van der Waals surface area contributed by atoms with E-state index < -0.39 is 5.69 Å². The fraction of sp³-hybridized carbons (Fsp3) is 0.559. The van der Waals surface area contributed by atoms with Crippen molar-refractivity contribution in [1.29, 1.82) is 0 Å². The fourth-order valence-electron chi connectivity index (χ4n) is 7.76. The van der Waals surface area contributed by atoms with Gasteiger partial charge in [0.15, 0.2) is 5.96 Å². The van der Waals surface area contributed by atoms with E-state index in [4.69, 9.17) is 28.2 Å². The molecule has 44 heavy (non-hydrogen) atoms. The Morgan fingerprint density at radius 1 is 1.05 bits per heavy atom. The van der Waals surface area contributed by atoms with Gasteiger partial charge in [0.1, 0.15) is 0 Å². The van der Waals surface area contributed by atoms with Crippen molar-refractivity contribution in [3.63, 3.8) is 0 Å². The van der Waals surface area contributed by atoms with Gasteiger partial charge in [-0.1, -0.05) is 57.5 Å². The van der Waals surface area contributed by atoms with E-state index in [1.54, 1.807) is 18.2 Å². The molecule has 7 rings (SSSR count). The highest BCUT2D eigenvalue weighted by atomic mass is 35.5. The number of piperazine rings is 1. The molecule has 6 atom stereocenters. The largest absolute Gasteiger partial charge is 0.340 e. The van der Waals surface area contributed by atoms with Crippen LogP contribution < -0.4 is 21.9 Å². The summed E-state index contributed by atoms with van der Waals surface area (Å²) in [6, 6.07) is 11.7. The lowest BCUT2D eigenvalue weighted by molar-refractivity contribution is -0.108. The first kappa shape index (κ1) is 32.6. The molecule has 2 aromatic carbocycles. The predicted molar refractivity (Wildman–Crippen MR) is 183 cm³/mol. The Balaban J connectivity index is 0.00000384. The zero-order valence-electron chi connectivity index (χ0n) is 25.6. The van der Waals surface area contributed by atoms with Crippen LogP contribution in [0.3, 0.4) is 0 Å². The fourth-order valence-corrected chi connectivity index (χ4v) is 8.27. The van der Waals surface area contributed by atoms with E-state index in [2.05, 4.69) is 55.1 Å². The van der Waals surface area contributed by atoms with Crippen LogP contribution in [0.15, 0.2) is 51.0 Å². The molecule has 2 bridgehead atoms. The minimum atomic E-state index is -0.448. The quantitative estimate of drug-likeness (QED) is 0.222. The number of aromatic nitrogens is 2. The van der Waals surface area contributed by atoms with Crippen LogP contribution in [0.5, 0.6) is 0 Å². The van der Waals surface area contributed by atoms with Crippen LogP contribution >= 0.6 is 23.2 Å². The summed E-state index contributed by atoms with van der Waals surface area (Å²) in [6.07, 6.45) is 2.86. The minimum Gasteiger partial charge on any atom is -0.340 e. The van der Waals surface area contributed by atoms with E-state index in [0.29, 0.717) is 62.6 Å². The third-order valence-electron chi connectivity index (χ3n) is 10.3. The molecule has 0 radical (unpaired) electrons. The van der Waals surface area contributed by atoms with Gasteiger partial charge < -0.3 is 20.5 Å². The maximum atomic E-state index is 13.4. The van der Waals surface area contributed by atoms with Gasteiger partial charge in [0, 0.05) is 47.5 Å². The number of aryl methyl sites for hydroxylation is 1. The minimum absolute atomic E-state index is 0. The van der Waals surface area contributed by atoms with E-state index in [0.717, 1.165) is 36.7 Å². The van der Waals surface area contributed by atoms with Gasteiger partial charge in [-0.15, -0.1) is 0 Å². The summed E-state index contributed by atoms with van der Waals surface area (Å²) < 4.78 is 1.23. The second kappa shape index (κ2) is 12.5. The van der Waals surface area contributed by atoms with Gasteiger partial charge in [-0.05, 0) is 92.2 Å². The number of nitrogens with one attached hydrogen (secondary N) is 3. The van der Waals surface area contributed by atoms with E-state index in [-0.39, 0.29) is 25.6 Å². The third-order valence-corrected chi connectivity index (χ3v) is 10.9. The molecule has 238 valence electrons.